The first-order valence-corrected chi connectivity index (χ1v) is 3.69. The van der Waals surface area contributed by atoms with Crippen molar-refractivity contribution < 1.29 is 5.11 Å². The molecule has 0 bridgehead atoms. The van der Waals surface area contributed by atoms with Crippen molar-refractivity contribution in [2.45, 2.75) is 19.3 Å². The number of hydrogen-bond acceptors (Lipinski definition) is 2. The van der Waals surface area contributed by atoms with Crippen LogP contribution in [-0.4, -0.2) is 4.98 Å². The molecule has 0 radical (unpaired) electrons. The molecule has 3 nitrogen and oxygen atoms in total. The number of aryl methyl sites for hydroxylation is 1. The number of pyridine rings is 1. The van der Waals surface area contributed by atoms with E-state index in [-0.39, 0.29) is 11.3 Å². The summed E-state index contributed by atoms with van der Waals surface area (Å²) < 4.78 is 0. The SMILES string of the molecule is O=c1cc([O-])c2c([nH]1)CCC2. The van der Waals surface area contributed by atoms with Crippen molar-refractivity contribution in [3.8, 4) is 5.75 Å². The Balaban J connectivity index is 2.70. The van der Waals surface area contributed by atoms with E-state index >= 15 is 0 Å². The largest absolute Gasteiger partial charge is 0.872 e. The van der Waals surface area contributed by atoms with Crippen LogP contribution in [0.25, 0.3) is 0 Å². The van der Waals surface area contributed by atoms with Gasteiger partial charge in [0.05, 0.1) is 0 Å². The molecule has 0 atom stereocenters. The number of aromatic nitrogens is 1. The molecule has 58 valence electrons. The second kappa shape index (κ2) is 2.12. The van der Waals surface area contributed by atoms with E-state index in [1.807, 2.05) is 0 Å². The average molecular weight is 150 g/mol. The van der Waals surface area contributed by atoms with Gasteiger partial charge in [-0.1, -0.05) is 5.75 Å². The van der Waals surface area contributed by atoms with E-state index in [0.29, 0.717) is 0 Å². The minimum atomic E-state index is -0.268. The molecule has 0 unspecified atom stereocenters. The maximum Gasteiger partial charge on any atom is 0.247 e. The third kappa shape index (κ3) is 0.926. The summed E-state index contributed by atoms with van der Waals surface area (Å²) in [5, 5.41) is 11.1. The van der Waals surface area contributed by atoms with Crippen LogP contribution in [0.2, 0.25) is 0 Å². The molecule has 2 rings (SSSR count). The van der Waals surface area contributed by atoms with Crippen LogP contribution in [0.3, 0.4) is 0 Å². The standard InChI is InChI=1S/C8H9NO2/c10-7-4-8(11)9-6-3-1-2-5(6)7/h4H,1-3H2,(H2,9,10,11)/p-1. The summed E-state index contributed by atoms with van der Waals surface area (Å²) in [6.07, 6.45) is 2.66. The van der Waals surface area contributed by atoms with Crippen LogP contribution in [0.4, 0.5) is 0 Å². The molecule has 0 aromatic carbocycles. The predicted octanol–water partition coefficient (Wildman–Crippen LogP) is -0.0628. The Morgan fingerprint density at radius 1 is 1.45 bits per heavy atom. The van der Waals surface area contributed by atoms with Gasteiger partial charge in [0.2, 0.25) is 5.56 Å². The molecule has 0 aliphatic heterocycles. The zero-order valence-corrected chi connectivity index (χ0v) is 6.02. The maximum atomic E-state index is 11.1. The van der Waals surface area contributed by atoms with Gasteiger partial charge >= 0.3 is 0 Å². The highest BCUT2D eigenvalue weighted by molar-refractivity contribution is 5.36. The van der Waals surface area contributed by atoms with Crippen molar-refractivity contribution in [1.29, 1.82) is 0 Å². The highest BCUT2D eigenvalue weighted by atomic mass is 16.3. The van der Waals surface area contributed by atoms with Gasteiger partial charge in [0.15, 0.2) is 0 Å². The van der Waals surface area contributed by atoms with Crippen LogP contribution >= 0.6 is 0 Å². The molecule has 1 aromatic rings. The van der Waals surface area contributed by atoms with Gasteiger partial charge in [-0.15, -0.1) is 0 Å². The fourth-order valence-corrected chi connectivity index (χ4v) is 1.54. The van der Waals surface area contributed by atoms with Gasteiger partial charge < -0.3 is 10.1 Å². The quantitative estimate of drug-likeness (QED) is 0.563. The molecule has 11 heavy (non-hydrogen) atoms. The molecule has 0 saturated heterocycles. The Kier molecular flexibility index (Phi) is 1.24. The fraction of sp³-hybridized carbons (Fsp3) is 0.375. The van der Waals surface area contributed by atoms with Gasteiger partial charge in [0.1, 0.15) is 0 Å². The van der Waals surface area contributed by atoms with E-state index in [2.05, 4.69) is 4.98 Å². The fourth-order valence-electron chi connectivity index (χ4n) is 1.54. The summed E-state index contributed by atoms with van der Waals surface area (Å²) in [5.41, 5.74) is 1.39. The number of rotatable bonds is 0. The minimum absolute atomic E-state index is 0.0961. The second-order valence-electron chi connectivity index (χ2n) is 2.81. The van der Waals surface area contributed by atoms with Gasteiger partial charge in [0.25, 0.3) is 0 Å². The van der Waals surface area contributed by atoms with Gasteiger partial charge in [-0.3, -0.25) is 4.79 Å². The zero-order chi connectivity index (χ0) is 7.84. The van der Waals surface area contributed by atoms with Crippen molar-refractivity contribution >= 4 is 0 Å². The van der Waals surface area contributed by atoms with E-state index < -0.39 is 0 Å². The Hall–Kier alpha value is -1.25. The molecule has 0 saturated carbocycles. The summed E-state index contributed by atoms with van der Waals surface area (Å²) in [5.74, 6) is -0.0961. The van der Waals surface area contributed by atoms with Crippen LogP contribution in [0.15, 0.2) is 10.9 Å². The van der Waals surface area contributed by atoms with E-state index in [0.717, 1.165) is 36.6 Å². The number of nitrogens with one attached hydrogen (secondary N) is 1. The first kappa shape index (κ1) is 6.46. The second-order valence-corrected chi connectivity index (χ2v) is 2.81. The Bertz CT molecular complexity index is 340. The molecule has 0 spiro atoms. The maximum absolute atomic E-state index is 11.1. The van der Waals surface area contributed by atoms with Crippen LogP contribution in [-0.2, 0) is 12.8 Å². The Morgan fingerprint density at radius 3 is 3.09 bits per heavy atom. The number of H-pyrrole nitrogens is 1. The predicted molar refractivity (Wildman–Crippen MR) is 38.5 cm³/mol. The first-order valence-electron chi connectivity index (χ1n) is 3.69. The lowest BCUT2D eigenvalue weighted by atomic mass is 10.2. The normalized spacial score (nSPS) is 14.9. The van der Waals surface area contributed by atoms with E-state index in [1.165, 1.54) is 0 Å². The number of aromatic amines is 1. The summed E-state index contributed by atoms with van der Waals surface area (Å²) in [6, 6.07) is 1.13. The summed E-state index contributed by atoms with van der Waals surface area (Å²) in [4.78, 5) is 13.5. The summed E-state index contributed by atoms with van der Waals surface area (Å²) in [6.45, 7) is 0. The Morgan fingerprint density at radius 2 is 2.27 bits per heavy atom. The van der Waals surface area contributed by atoms with Crippen LogP contribution < -0.4 is 10.7 Å². The third-order valence-electron chi connectivity index (χ3n) is 2.05. The molecule has 1 N–H and O–H groups in total. The molecule has 1 aliphatic carbocycles. The van der Waals surface area contributed by atoms with Gasteiger partial charge in [0, 0.05) is 5.69 Å². The summed E-state index contributed by atoms with van der Waals surface area (Å²) >= 11 is 0. The number of hydrogen-bond donors (Lipinski definition) is 1. The molecular weight excluding hydrogens is 142 g/mol. The lowest BCUT2D eigenvalue weighted by Crippen LogP contribution is -2.10. The molecule has 3 heteroatoms. The topological polar surface area (TPSA) is 55.9 Å². The lowest BCUT2D eigenvalue weighted by Gasteiger charge is -2.09. The monoisotopic (exact) mass is 150 g/mol. The van der Waals surface area contributed by atoms with Crippen LogP contribution in [0.5, 0.6) is 5.75 Å². The van der Waals surface area contributed by atoms with Gasteiger partial charge in [-0.2, -0.15) is 0 Å². The summed E-state index contributed by atoms with van der Waals surface area (Å²) in [7, 11) is 0. The van der Waals surface area contributed by atoms with E-state index in [1.54, 1.807) is 0 Å². The lowest BCUT2D eigenvalue weighted by molar-refractivity contribution is -0.269. The number of fused-ring (bicyclic) bond motifs is 1. The Labute approximate surface area is 63.7 Å². The van der Waals surface area contributed by atoms with Crippen LogP contribution in [0.1, 0.15) is 17.7 Å². The molecule has 1 aliphatic rings. The molecular formula is C8H8NO2-. The van der Waals surface area contributed by atoms with E-state index in [9.17, 15) is 9.90 Å². The molecule has 0 fully saturated rings. The minimum Gasteiger partial charge on any atom is -0.872 e. The molecule has 1 aromatic heterocycles. The van der Waals surface area contributed by atoms with Crippen molar-refractivity contribution in [3.63, 3.8) is 0 Å². The molecule has 1 heterocycles. The van der Waals surface area contributed by atoms with Gasteiger partial charge in [-0.05, 0) is 30.9 Å². The van der Waals surface area contributed by atoms with Crippen molar-refractivity contribution in [2.75, 3.05) is 0 Å². The smallest absolute Gasteiger partial charge is 0.247 e. The highest BCUT2D eigenvalue weighted by Crippen LogP contribution is 2.23. The zero-order valence-electron chi connectivity index (χ0n) is 6.02. The van der Waals surface area contributed by atoms with Crippen molar-refractivity contribution in [1.82, 2.24) is 4.98 Å². The van der Waals surface area contributed by atoms with Crippen LogP contribution in [0, 0.1) is 0 Å². The van der Waals surface area contributed by atoms with E-state index in [4.69, 9.17) is 0 Å². The van der Waals surface area contributed by atoms with Gasteiger partial charge in [-0.25, -0.2) is 0 Å². The first-order chi connectivity index (χ1) is 5.27. The third-order valence-corrected chi connectivity index (χ3v) is 2.05. The average Bonchev–Trinajstić information content (AvgIpc) is 2.34. The van der Waals surface area contributed by atoms with Crippen molar-refractivity contribution in [2.24, 2.45) is 0 Å². The highest BCUT2D eigenvalue weighted by Gasteiger charge is 2.11. The van der Waals surface area contributed by atoms with Crippen molar-refractivity contribution in [3.05, 3.63) is 27.7 Å². The molecule has 0 amide bonds.